The molecule has 0 aromatic heterocycles. The Kier molecular flexibility index (Phi) is 4.27. The zero-order valence-corrected chi connectivity index (χ0v) is 12.6. The molecule has 2 aliphatic heterocycles. The molecule has 1 aromatic rings. The summed E-state index contributed by atoms with van der Waals surface area (Å²) in [6, 6.07) is 7.60. The molecule has 0 bridgehead atoms. The maximum absolute atomic E-state index is 12.7. The lowest BCUT2D eigenvalue weighted by Crippen LogP contribution is -2.38. The number of para-hydroxylation sites is 1. The number of β-amino-alcohol motifs (C(OH)–C–C–N with tert-alkyl or cyclic N) is 1. The van der Waals surface area contributed by atoms with Gasteiger partial charge in [-0.1, -0.05) is 18.2 Å². The summed E-state index contributed by atoms with van der Waals surface area (Å²) in [5.74, 6) is 0.656. The predicted octanol–water partition coefficient (Wildman–Crippen LogP) is 1.11. The average Bonchev–Trinajstić information content (AvgIpc) is 2.81. The molecule has 2 heterocycles. The van der Waals surface area contributed by atoms with Crippen LogP contribution in [0.4, 0.5) is 0 Å². The van der Waals surface area contributed by atoms with E-state index in [-0.39, 0.29) is 5.91 Å². The number of aliphatic hydroxyl groups excluding tert-OH is 1. The molecule has 116 valence electrons. The van der Waals surface area contributed by atoms with E-state index >= 15 is 0 Å². The molecule has 0 unspecified atom stereocenters. The summed E-state index contributed by atoms with van der Waals surface area (Å²) in [7, 11) is 1.95. The number of benzene rings is 1. The number of hydrogen-bond donors (Lipinski definition) is 1. The number of carbonyl (C=O) groups is 1. The highest BCUT2D eigenvalue weighted by Gasteiger charge is 2.24. The number of carbonyl (C=O) groups excluding carboxylic acids is 1. The third-order valence-electron chi connectivity index (χ3n) is 3.91. The van der Waals surface area contributed by atoms with Crippen LogP contribution in [0.3, 0.4) is 0 Å². The highest BCUT2D eigenvalue weighted by molar-refractivity contribution is 6.01. The van der Waals surface area contributed by atoms with Gasteiger partial charge in [-0.15, -0.1) is 0 Å². The highest BCUT2D eigenvalue weighted by atomic mass is 16.5. The third-order valence-corrected chi connectivity index (χ3v) is 3.91. The molecule has 0 spiro atoms. The molecule has 1 fully saturated rings. The van der Waals surface area contributed by atoms with Gasteiger partial charge in [-0.05, 0) is 25.3 Å². The number of aliphatic hydroxyl groups is 1. The quantitative estimate of drug-likeness (QED) is 0.844. The molecule has 0 radical (unpaired) electrons. The summed E-state index contributed by atoms with van der Waals surface area (Å²) in [4.78, 5) is 16.5. The van der Waals surface area contributed by atoms with Crippen molar-refractivity contribution < 1.29 is 14.6 Å². The van der Waals surface area contributed by atoms with Gasteiger partial charge in [-0.2, -0.15) is 0 Å². The van der Waals surface area contributed by atoms with Crippen LogP contribution >= 0.6 is 0 Å². The number of amides is 1. The van der Waals surface area contributed by atoms with Crippen LogP contribution in [0, 0.1) is 0 Å². The Morgan fingerprint density at radius 3 is 2.95 bits per heavy atom. The summed E-state index contributed by atoms with van der Waals surface area (Å²) in [6.07, 6.45) is 4.54. The first-order chi connectivity index (χ1) is 10.6. The van der Waals surface area contributed by atoms with E-state index in [1.807, 2.05) is 42.3 Å². The zero-order valence-electron chi connectivity index (χ0n) is 12.6. The number of ether oxygens (including phenoxy) is 1. The van der Waals surface area contributed by atoms with Gasteiger partial charge in [-0.3, -0.25) is 4.79 Å². The van der Waals surface area contributed by atoms with Gasteiger partial charge in [-0.25, -0.2) is 0 Å². The number of rotatable bonds is 1. The van der Waals surface area contributed by atoms with E-state index in [9.17, 15) is 9.90 Å². The van der Waals surface area contributed by atoms with E-state index in [4.69, 9.17) is 4.74 Å². The smallest absolute Gasteiger partial charge is 0.254 e. The molecular weight excluding hydrogens is 280 g/mol. The fourth-order valence-electron chi connectivity index (χ4n) is 2.75. The predicted molar refractivity (Wildman–Crippen MR) is 84.3 cm³/mol. The van der Waals surface area contributed by atoms with Crippen molar-refractivity contribution in [2.45, 2.75) is 6.10 Å². The summed E-state index contributed by atoms with van der Waals surface area (Å²) >= 11 is 0. The van der Waals surface area contributed by atoms with Crippen LogP contribution in [0.25, 0.3) is 6.08 Å². The maximum Gasteiger partial charge on any atom is 0.254 e. The molecule has 5 nitrogen and oxygen atoms in total. The summed E-state index contributed by atoms with van der Waals surface area (Å²) in [6.45, 7) is 2.31. The van der Waals surface area contributed by atoms with Crippen LogP contribution < -0.4 is 4.74 Å². The van der Waals surface area contributed by atoms with Gasteiger partial charge < -0.3 is 19.6 Å². The van der Waals surface area contributed by atoms with Gasteiger partial charge in [0.2, 0.25) is 0 Å². The van der Waals surface area contributed by atoms with E-state index < -0.39 is 6.10 Å². The van der Waals surface area contributed by atoms with Crippen molar-refractivity contribution >= 4 is 12.0 Å². The van der Waals surface area contributed by atoms with Crippen LogP contribution in [0.5, 0.6) is 5.75 Å². The van der Waals surface area contributed by atoms with Crippen LogP contribution in [0.15, 0.2) is 42.2 Å². The molecular formula is C17H20N2O3. The molecule has 22 heavy (non-hydrogen) atoms. The fraction of sp³-hybridized carbons (Fsp3) is 0.353. The molecule has 0 saturated carbocycles. The van der Waals surface area contributed by atoms with Crippen LogP contribution in [0.1, 0.15) is 5.56 Å². The van der Waals surface area contributed by atoms with Gasteiger partial charge in [0.05, 0.1) is 12.4 Å². The molecule has 5 heteroatoms. The largest absolute Gasteiger partial charge is 0.464 e. The minimum absolute atomic E-state index is 0.0779. The SMILES string of the molecule is CN1CCN(C(=O)C2=Cc3ccccc3OC=C2)C[C@@H](O)C1. The average molecular weight is 300 g/mol. The molecule has 3 rings (SSSR count). The number of likely N-dealkylation sites (N-methyl/N-ethyl adjacent to an activating group) is 1. The Labute approximate surface area is 130 Å². The first-order valence-corrected chi connectivity index (χ1v) is 7.43. The maximum atomic E-state index is 12.7. The molecule has 1 aromatic carbocycles. The fourth-order valence-corrected chi connectivity index (χ4v) is 2.75. The van der Waals surface area contributed by atoms with E-state index in [0.717, 1.165) is 17.9 Å². The normalized spacial score (nSPS) is 22.2. The Bertz CT molecular complexity index is 624. The topological polar surface area (TPSA) is 53.0 Å². The van der Waals surface area contributed by atoms with Gasteiger partial charge in [0.1, 0.15) is 5.75 Å². The lowest BCUT2D eigenvalue weighted by atomic mass is 10.1. The monoisotopic (exact) mass is 300 g/mol. The Morgan fingerprint density at radius 2 is 2.09 bits per heavy atom. The van der Waals surface area contributed by atoms with Crippen LogP contribution in [-0.2, 0) is 4.79 Å². The van der Waals surface area contributed by atoms with Gasteiger partial charge >= 0.3 is 0 Å². The second-order valence-corrected chi connectivity index (χ2v) is 5.73. The van der Waals surface area contributed by atoms with Crippen molar-refractivity contribution in [2.75, 3.05) is 33.2 Å². The van der Waals surface area contributed by atoms with Gasteiger partial charge in [0.15, 0.2) is 0 Å². The molecule has 0 aliphatic carbocycles. The first-order valence-electron chi connectivity index (χ1n) is 7.43. The van der Waals surface area contributed by atoms with Crippen LogP contribution in [-0.4, -0.2) is 60.1 Å². The van der Waals surface area contributed by atoms with Crippen molar-refractivity contribution in [1.29, 1.82) is 0 Å². The van der Waals surface area contributed by atoms with Crippen molar-refractivity contribution in [2.24, 2.45) is 0 Å². The van der Waals surface area contributed by atoms with Crippen molar-refractivity contribution in [1.82, 2.24) is 9.80 Å². The second kappa shape index (κ2) is 6.34. The Morgan fingerprint density at radius 1 is 1.27 bits per heavy atom. The van der Waals surface area contributed by atoms with Crippen molar-refractivity contribution in [3.63, 3.8) is 0 Å². The second-order valence-electron chi connectivity index (χ2n) is 5.73. The molecule has 1 N–H and O–H groups in total. The summed E-state index contributed by atoms with van der Waals surface area (Å²) < 4.78 is 5.52. The third kappa shape index (κ3) is 3.21. The standard InChI is InChI=1S/C17H20N2O3/c1-18-7-8-19(12-15(20)11-18)17(21)14-6-9-22-16-5-3-2-4-13(16)10-14/h2-6,9-10,15,20H,7-8,11-12H2,1H3/t15-/m0/s1. The Balaban J connectivity index is 1.84. The van der Waals surface area contributed by atoms with E-state index in [1.165, 1.54) is 6.26 Å². The first kappa shape index (κ1) is 14.8. The summed E-state index contributed by atoms with van der Waals surface area (Å²) in [5.41, 5.74) is 1.45. The van der Waals surface area contributed by atoms with Gasteiger partial charge in [0.25, 0.3) is 5.91 Å². The molecule has 1 atom stereocenters. The van der Waals surface area contributed by atoms with E-state index in [2.05, 4.69) is 0 Å². The van der Waals surface area contributed by atoms with E-state index in [1.54, 1.807) is 11.0 Å². The van der Waals surface area contributed by atoms with Crippen LogP contribution in [0.2, 0.25) is 0 Å². The van der Waals surface area contributed by atoms with Gasteiger partial charge in [0, 0.05) is 37.3 Å². The van der Waals surface area contributed by atoms with Crippen molar-refractivity contribution in [3.8, 4) is 5.75 Å². The number of nitrogens with zero attached hydrogens (tertiary/aromatic N) is 2. The Hall–Kier alpha value is -2.11. The van der Waals surface area contributed by atoms with E-state index in [0.29, 0.717) is 25.2 Å². The minimum Gasteiger partial charge on any atom is -0.464 e. The highest BCUT2D eigenvalue weighted by Crippen LogP contribution is 2.25. The number of hydrogen-bond acceptors (Lipinski definition) is 4. The molecule has 1 amide bonds. The lowest BCUT2D eigenvalue weighted by molar-refractivity contribution is -0.127. The summed E-state index contributed by atoms with van der Waals surface area (Å²) in [5, 5.41) is 9.99. The minimum atomic E-state index is -0.518. The molecule has 1 saturated heterocycles. The van der Waals surface area contributed by atoms with Crippen molar-refractivity contribution in [3.05, 3.63) is 47.7 Å². The number of fused-ring (bicyclic) bond motifs is 1. The lowest BCUT2D eigenvalue weighted by Gasteiger charge is -2.22. The molecule has 2 aliphatic rings. The zero-order chi connectivity index (χ0) is 15.5.